The second kappa shape index (κ2) is 4.49. The molecule has 3 rings (SSSR count). The highest BCUT2D eigenvalue weighted by molar-refractivity contribution is 5.89. The Morgan fingerprint density at radius 2 is 2.11 bits per heavy atom. The number of aliphatic hydroxyl groups excluding tert-OH is 3. The highest BCUT2D eigenvalue weighted by atomic mass is 16.6. The number of hydrogen-bond acceptors (Lipinski definition) is 7. The van der Waals surface area contributed by atoms with Crippen LogP contribution in [0.2, 0.25) is 0 Å². The molecule has 0 aliphatic carbocycles. The number of amides is 1. The van der Waals surface area contributed by atoms with Crippen molar-refractivity contribution in [2.75, 3.05) is 6.61 Å². The molecule has 0 aromatic carbocycles. The van der Waals surface area contributed by atoms with Crippen molar-refractivity contribution in [1.29, 1.82) is 0 Å². The Bertz CT molecular complexity index is 440. The molecular weight excluding hydrogens is 254 g/mol. The number of carbonyl (C=O) groups is 1. The lowest BCUT2D eigenvalue weighted by atomic mass is 10.1. The minimum Gasteiger partial charge on any atom is -0.394 e. The van der Waals surface area contributed by atoms with Gasteiger partial charge in [-0.05, 0) is 0 Å². The van der Waals surface area contributed by atoms with Crippen LogP contribution in [0, 0.1) is 0 Å². The first-order chi connectivity index (χ1) is 9.13. The summed E-state index contributed by atoms with van der Waals surface area (Å²) in [5.74, 6) is -0.186. The van der Waals surface area contributed by atoms with Gasteiger partial charge in [0, 0.05) is 24.7 Å². The first-order valence-electron chi connectivity index (χ1n) is 5.96. The molecule has 0 radical (unpaired) electrons. The number of nitrogens with one attached hydrogen (secondary N) is 1. The van der Waals surface area contributed by atoms with Gasteiger partial charge in [0.2, 0.25) is 0 Å². The number of hydrogen-bond donors (Lipinski definition) is 4. The Morgan fingerprint density at radius 3 is 2.79 bits per heavy atom. The molecule has 3 aliphatic heterocycles. The van der Waals surface area contributed by atoms with Gasteiger partial charge in [0.05, 0.1) is 6.61 Å². The number of ether oxygens (including phenoxy) is 1. The Hall–Kier alpha value is -1.61. The molecule has 0 spiro atoms. The standard InChI is InChI=1S/C11H15N3O5/c15-5-6-8(17)9(18)10(19-6)14-3-1-7(16)13-4-2-12-11(13)14/h1-4,6,8-12,15,17-18H,5H2/t6-,8-,9-,10-,11?/m1/s1. The molecule has 0 aromatic heterocycles. The van der Waals surface area contributed by atoms with Crippen molar-refractivity contribution in [3.05, 3.63) is 24.7 Å². The summed E-state index contributed by atoms with van der Waals surface area (Å²) in [5, 5.41) is 31.8. The highest BCUT2D eigenvalue weighted by Gasteiger charge is 2.48. The smallest absolute Gasteiger partial charge is 0.255 e. The lowest BCUT2D eigenvalue weighted by molar-refractivity contribution is -0.143. The number of aliphatic hydroxyl groups is 3. The SMILES string of the molecule is O=C1C=CN([C@@H]2O[C@H](CO)[C@@H](O)[C@H]2O)C2NC=CN12. The van der Waals surface area contributed by atoms with E-state index in [0.29, 0.717) is 0 Å². The van der Waals surface area contributed by atoms with Gasteiger partial charge in [-0.2, -0.15) is 0 Å². The zero-order valence-electron chi connectivity index (χ0n) is 9.96. The maximum atomic E-state index is 11.6. The van der Waals surface area contributed by atoms with Gasteiger partial charge in [-0.1, -0.05) is 0 Å². The summed E-state index contributed by atoms with van der Waals surface area (Å²) >= 11 is 0. The van der Waals surface area contributed by atoms with Gasteiger partial charge in [0.25, 0.3) is 5.91 Å². The van der Waals surface area contributed by atoms with Crippen LogP contribution in [-0.4, -0.2) is 68.5 Å². The van der Waals surface area contributed by atoms with E-state index in [1.165, 1.54) is 17.2 Å². The van der Waals surface area contributed by atoms with Crippen molar-refractivity contribution in [2.24, 2.45) is 0 Å². The predicted octanol–water partition coefficient (Wildman–Crippen LogP) is -2.56. The summed E-state index contributed by atoms with van der Waals surface area (Å²) in [6.07, 6.45) is 1.55. The second-order valence-corrected chi connectivity index (χ2v) is 4.59. The van der Waals surface area contributed by atoms with Crippen molar-refractivity contribution >= 4 is 5.91 Å². The molecule has 5 atom stereocenters. The van der Waals surface area contributed by atoms with Crippen LogP contribution in [0.15, 0.2) is 24.7 Å². The van der Waals surface area contributed by atoms with Crippen molar-refractivity contribution in [2.45, 2.75) is 30.8 Å². The monoisotopic (exact) mass is 269 g/mol. The van der Waals surface area contributed by atoms with Crippen molar-refractivity contribution in [1.82, 2.24) is 15.1 Å². The molecule has 1 unspecified atom stereocenters. The van der Waals surface area contributed by atoms with Gasteiger partial charge >= 0.3 is 0 Å². The molecule has 0 bridgehead atoms. The van der Waals surface area contributed by atoms with Crippen LogP contribution in [-0.2, 0) is 9.53 Å². The Kier molecular flexibility index (Phi) is 2.94. The zero-order valence-corrected chi connectivity index (χ0v) is 9.96. The van der Waals surface area contributed by atoms with E-state index in [1.807, 2.05) is 0 Å². The van der Waals surface area contributed by atoms with Crippen LogP contribution >= 0.6 is 0 Å². The van der Waals surface area contributed by atoms with E-state index in [1.54, 1.807) is 17.3 Å². The van der Waals surface area contributed by atoms with Crippen LogP contribution in [0.4, 0.5) is 0 Å². The van der Waals surface area contributed by atoms with E-state index in [2.05, 4.69) is 5.32 Å². The van der Waals surface area contributed by atoms with E-state index in [0.717, 1.165) is 0 Å². The Morgan fingerprint density at radius 1 is 1.32 bits per heavy atom. The maximum Gasteiger partial charge on any atom is 0.255 e. The lowest BCUT2D eigenvalue weighted by Gasteiger charge is -2.40. The summed E-state index contributed by atoms with van der Waals surface area (Å²) in [4.78, 5) is 14.7. The predicted molar refractivity (Wildman–Crippen MR) is 61.6 cm³/mol. The lowest BCUT2D eigenvalue weighted by Crippen LogP contribution is -2.58. The molecule has 1 saturated heterocycles. The van der Waals surface area contributed by atoms with Gasteiger partial charge in [-0.25, -0.2) is 0 Å². The molecule has 1 fully saturated rings. The molecule has 4 N–H and O–H groups in total. The summed E-state index contributed by atoms with van der Waals surface area (Å²) < 4.78 is 5.44. The van der Waals surface area contributed by atoms with Crippen molar-refractivity contribution in [3.8, 4) is 0 Å². The molecule has 0 saturated carbocycles. The van der Waals surface area contributed by atoms with E-state index in [-0.39, 0.29) is 12.5 Å². The Balaban J connectivity index is 1.83. The maximum absolute atomic E-state index is 11.6. The molecular formula is C11H15N3O5. The fraction of sp³-hybridized carbons (Fsp3) is 0.545. The molecule has 0 aromatic rings. The normalized spacial score (nSPS) is 40.8. The number of nitrogens with zero attached hydrogens (tertiary/aromatic N) is 2. The first-order valence-corrected chi connectivity index (χ1v) is 5.96. The van der Waals surface area contributed by atoms with E-state index >= 15 is 0 Å². The summed E-state index contributed by atoms with van der Waals surface area (Å²) in [5.41, 5.74) is 0. The zero-order chi connectivity index (χ0) is 13.6. The molecule has 19 heavy (non-hydrogen) atoms. The molecule has 1 amide bonds. The fourth-order valence-electron chi connectivity index (χ4n) is 2.46. The molecule has 104 valence electrons. The second-order valence-electron chi connectivity index (χ2n) is 4.59. The summed E-state index contributed by atoms with van der Waals surface area (Å²) in [7, 11) is 0. The van der Waals surface area contributed by atoms with Gasteiger partial charge in [-0.3, -0.25) is 9.69 Å². The van der Waals surface area contributed by atoms with Crippen molar-refractivity contribution < 1.29 is 24.9 Å². The Labute approximate surface area is 109 Å². The van der Waals surface area contributed by atoms with E-state index in [9.17, 15) is 15.0 Å². The first kappa shape index (κ1) is 12.4. The van der Waals surface area contributed by atoms with Gasteiger partial charge < -0.3 is 30.3 Å². The van der Waals surface area contributed by atoms with Gasteiger partial charge in [0.1, 0.15) is 18.3 Å². The average Bonchev–Trinajstić information content (AvgIpc) is 2.99. The third-order valence-corrected chi connectivity index (χ3v) is 3.48. The molecule has 8 nitrogen and oxygen atoms in total. The van der Waals surface area contributed by atoms with Crippen LogP contribution < -0.4 is 5.32 Å². The summed E-state index contributed by atoms with van der Waals surface area (Å²) in [6.45, 7) is -0.384. The van der Waals surface area contributed by atoms with Crippen LogP contribution in [0.25, 0.3) is 0 Å². The van der Waals surface area contributed by atoms with Crippen LogP contribution in [0.3, 0.4) is 0 Å². The average molecular weight is 269 g/mol. The quantitative estimate of drug-likeness (QED) is 0.437. The molecule has 8 heteroatoms. The van der Waals surface area contributed by atoms with Gasteiger partial charge in [0.15, 0.2) is 12.5 Å². The minimum absolute atomic E-state index is 0.186. The van der Waals surface area contributed by atoms with Crippen LogP contribution in [0.5, 0.6) is 0 Å². The largest absolute Gasteiger partial charge is 0.394 e. The minimum atomic E-state index is -1.17. The fourth-order valence-corrected chi connectivity index (χ4v) is 2.46. The molecule has 3 heterocycles. The van der Waals surface area contributed by atoms with E-state index in [4.69, 9.17) is 9.84 Å². The van der Waals surface area contributed by atoms with Crippen molar-refractivity contribution in [3.63, 3.8) is 0 Å². The highest BCUT2D eigenvalue weighted by Crippen LogP contribution is 2.28. The number of carbonyl (C=O) groups excluding carboxylic acids is 1. The third kappa shape index (κ3) is 1.80. The van der Waals surface area contributed by atoms with E-state index < -0.39 is 30.8 Å². The topological polar surface area (TPSA) is 106 Å². The number of fused-ring (bicyclic) bond motifs is 1. The summed E-state index contributed by atoms with van der Waals surface area (Å²) in [6, 6.07) is 0. The van der Waals surface area contributed by atoms with Gasteiger partial charge in [-0.15, -0.1) is 0 Å². The molecule has 3 aliphatic rings. The third-order valence-electron chi connectivity index (χ3n) is 3.48. The van der Waals surface area contributed by atoms with Crippen LogP contribution in [0.1, 0.15) is 0 Å². The number of rotatable bonds is 2.